The van der Waals surface area contributed by atoms with Gasteiger partial charge in [-0.2, -0.15) is 0 Å². The van der Waals surface area contributed by atoms with Gasteiger partial charge < -0.3 is 24.9 Å². The van der Waals surface area contributed by atoms with E-state index < -0.39 is 22.2 Å². The maximum absolute atomic E-state index is 14.2. The SMILES string of the molecule is CC(C)C1=CC2CC3(C=O)[C@@H]4CC[C@@H](C)[C@H]4CC2([C@H]2C[C@@H](C4CCCCC4)[C@H](CNCCN4CCN(CC(=O)N5CCCC5)CC4)O2)[C@]13C(=O)O. The fraction of sp³-hybridized carbons (Fsp3) is 0.881. The van der Waals surface area contributed by atoms with Gasteiger partial charge in [0.15, 0.2) is 0 Å². The van der Waals surface area contributed by atoms with Crippen LogP contribution in [0, 0.1) is 57.7 Å². The zero-order valence-corrected chi connectivity index (χ0v) is 31.8. The molecule has 3 saturated heterocycles. The van der Waals surface area contributed by atoms with Crippen LogP contribution in [0.1, 0.15) is 97.8 Å². The lowest BCUT2D eigenvalue weighted by Gasteiger charge is -2.60. The molecule has 4 bridgehead atoms. The number of piperazine rings is 1. The van der Waals surface area contributed by atoms with Crippen molar-refractivity contribution in [3.8, 4) is 0 Å². The van der Waals surface area contributed by atoms with E-state index in [4.69, 9.17) is 4.74 Å². The van der Waals surface area contributed by atoms with Crippen molar-refractivity contribution in [1.29, 1.82) is 0 Å². The molecule has 7 fully saturated rings. The number of carboxylic acids is 1. The molecule has 9 nitrogen and oxygen atoms in total. The minimum atomic E-state index is -1.17. The van der Waals surface area contributed by atoms with Gasteiger partial charge >= 0.3 is 5.97 Å². The van der Waals surface area contributed by atoms with Crippen LogP contribution in [0.25, 0.3) is 0 Å². The number of allylic oxidation sites excluding steroid dienone is 1. The van der Waals surface area contributed by atoms with Crippen molar-refractivity contribution in [2.75, 3.05) is 65.4 Å². The zero-order chi connectivity index (χ0) is 35.5. The normalized spacial score (nSPS) is 42.9. The number of likely N-dealkylation sites (tertiary alicyclic amines) is 1. The van der Waals surface area contributed by atoms with Gasteiger partial charge in [0.25, 0.3) is 0 Å². The van der Waals surface area contributed by atoms with Gasteiger partial charge in [-0.1, -0.05) is 70.9 Å². The molecule has 0 radical (unpaired) electrons. The molecule has 0 aromatic carbocycles. The summed E-state index contributed by atoms with van der Waals surface area (Å²) in [7, 11) is 0. The van der Waals surface area contributed by atoms with Crippen LogP contribution in [-0.4, -0.2) is 116 Å². The first-order chi connectivity index (χ1) is 24.7. The molecule has 3 unspecified atom stereocenters. The van der Waals surface area contributed by atoms with Crippen molar-refractivity contribution in [2.24, 2.45) is 57.7 Å². The lowest BCUT2D eigenvalue weighted by molar-refractivity contribution is -0.197. The van der Waals surface area contributed by atoms with Gasteiger partial charge in [-0.3, -0.25) is 19.4 Å². The standard InChI is InChI=1S/C42H66N4O5/c1-28(2)35-21-31-23-40(27-47)34-12-11-29(3)33(34)24-41(31,42(35,40)39(49)50)37-22-32(30-9-5-4-6-10-30)36(51-37)25-43-13-16-44-17-19-45(20-18-44)26-38(48)46-14-7-8-15-46/h21,27-34,36-37,43H,4-20,22-26H2,1-3H3,(H,49,50)/t29-,31?,32+,33-,34-,36+,37-,40?,41?,42+/m1/s1. The molecule has 10 atom stereocenters. The van der Waals surface area contributed by atoms with Crippen LogP contribution >= 0.6 is 0 Å². The van der Waals surface area contributed by atoms with Crippen molar-refractivity contribution in [3.63, 3.8) is 0 Å². The highest BCUT2D eigenvalue weighted by atomic mass is 16.5. The highest BCUT2D eigenvalue weighted by Crippen LogP contribution is 2.84. The van der Waals surface area contributed by atoms with Gasteiger partial charge in [-0.05, 0) is 80.0 Å². The number of hydrogen-bond donors (Lipinski definition) is 2. The predicted octanol–water partition coefficient (Wildman–Crippen LogP) is 5.09. The first-order valence-corrected chi connectivity index (χ1v) is 21.2. The van der Waals surface area contributed by atoms with Crippen LogP contribution in [0.2, 0.25) is 0 Å². The minimum absolute atomic E-state index is 0.0682. The second kappa shape index (κ2) is 14.1. The van der Waals surface area contributed by atoms with Gasteiger partial charge in [-0.15, -0.1) is 0 Å². The fourth-order valence-corrected chi connectivity index (χ4v) is 14.1. The smallest absolute Gasteiger partial charge is 0.315 e. The van der Waals surface area contributed by atoms with Gasteiger partial charge in [0.05, 0.1) is 24.2 Å². The monoisotopic (exact) mass is 707 g/mol. The van der Waals surface area contributed by atoms with Crippen LogP contribution in [0.5, 0.6) is 0 Å². The average molecular weight is 707 g/mol. The molecule has 5 aliphatic carbocycles. The largest absolute Gasteiger partial charge is 0.481 e. The van der Waals surface area contributed by atoms with Crippen molar-refractivity contribution in [1.82, 2.24) is 20.0 Å². The number of ether oxygens (including phenoxy) is 1. The Morgan fingerprint density at radius 2 is 1.69 bits per heavy atom. The topological polar surface area (TPSA) is 102 Å². The van der Waals surface area contributed by atoms with Crippen molar-refractivity contribution in [2.45, 2.75) is 110 Å². The molecule has 0 aromatic rings. The van der Waals surface area contributed by atoms with Crippen LogP contribution in [0.3, 0.4) is 0 Å². The summed E-state index contributed by atoms with van der Waals surface area (Å²) in [5.41, 5.74) is -1.54. The van der Waals surface area contributed by atoms with E-state index in [1.165, 1.54) is 32.1 Å². The first kappa shape index (κ1) is 36.2. The maximum atomic E-state index is 14.2. The Hall–Kier alpha value is -1.81. The van der Waals surface area contributed by atoms with E-state index in [-0.39, 0.29) is 30.0 Å². The molecule has 9 heteroatoms. The number of nitrogens with one attached hydrogen (secondary N) is 1. The van der Waals surface area contributed by atoms with Crippen molar-refractivity contribution in [3.05, 3.63) is 11.6 Å². The van der Waals surface area contributed by atoms with Crippen LogP contribution in [-0.2, 0) is 19.1 Å². The van der Waals surface area contributed by atoms with Gasteiger partial charge in [-0.25, -0.2) is 0 Å². The molecule has 3 aliphatic heterocycles. The highest BCUT2D eigenvalue weighted by molar-refractivity contribution is 5.90. The van der Waals surface area contributed by atoms with Crippen molar-refractivity contribution < 1.29 is 24.2 Å². The molecule has 8 rings (SSSR count). The maximum Gasteiger partial charge on any atom is 0.315 e. The average Bonchev–Trinajstić information content (AvgIpc) is 3.96. The third-order valence-electron chi connectivity index (χ3n) is 16.4. The van der Waals surface area contributed by atoms with Gasteiger partial charge in [0, 0.05) is 64.3 Å². The Balaban J connectivity index is 0.977. The van der Waals surface area contributed by atoms with Crippen LogP contribution in [0.4, 0.5) is 0 Å². The molecule has 1 amide bonds. The Bertz CT molecular complexity index is 1350. The number of carbonyl (C=O) groups excluding carboxylic acids is 2. The van der Waals surface area contributed by atoms with E-state index in [1.54, 1.807) is 0 Å². The number of carboxylic acid groups (broad SMARTS) is 1. The molecule has 0 spiro atoms. The fourth-order valence-electron chi connectivity index (χ4n) is 14.1. The molecular weight excluding hydrogens is 640 g/mol. The predicted molar refractivity (Wildman–Crippen MR) is 197 cm³/mol. The van der Waals surface area contributed by atoms with E-state index in [2.05, 4.69) is 42.0 Å². The number of hydrogen-bond acceptors (Lipinski definition) is 7. The zero-order valence-electron chi connectivity index (χ0n) is 31.8. The van der Waals surface area contributed by atoms with E-state index in [0.29, 0.717) is 42.5 Å². The second-order valence-electron chi connectivity index (χ2n) is 18.7. The summed E-state index contributed by atoms with van der Waals surface area (Å²) < 4.78 is 7.40. The summed E-state index contributed by atoms with van der Waals surface area (Å²) in [6, 6.07) is 0. The van der Waals surface area contributed by atoms with Crippen molar-refractivity contribution >= 4 is 18.2 Å². The second-order valence-corrected chi connectivity index (χ2v) is 18.7. The molecule has 0 aromatic heterocycles. The van der Waals surface area contributed by atoms with Gasteiger partial charge in [0.1, 0.15) is 11.7 Å². The van der Waals surface area contributed by atoms with E-state index in [9.17, 15) is 19.5 Å². The van der Waals surface area contributed by atoms with Crippen LogP contribution in [0.15, 0.2) is 11.6 Å². The molecule has 51 heavy (non-hydrogen) atoms. The number of aliphatic carboxylic acids is 1. The highest BCUT2D eigenvalue weighted by Gasteiger charge is 2.86. The number of amides is 1. The number of aldehydes is 1. The number of carbonyl (C=O) groups is 3. The summed E-state index contributed by atoms with van der Waals surface area (Å²) in [5.74, 6) is 1.81. The number of nitrogens with zero attached hydrogens (tertiary/aromatic N) is 3. The summed E-state index contributed by atoms with van der Waals surface area (Å²) in [4.78, 5) is 47.4. The Morgan fingerprint density at radius 3 is 2.37 bits per heavy atom. The quantitative estimate of drug-likeness (QED) is 0.165. The minimum Gasteiger partial charge on any atom is -0.481 e. The summed E-state index contributed by atoms with van der Waals surface area (Å²) >= 11 is 0. The molecule has 3 heterocycles. The number of rotatable bonds is 12. The molecule has 8 aliphatic rings. The third kappa shape index (κ3) is 5.54. The number of fused-ring (bicyclic) bond motifs is 2. The molecule has 2 N–H and O–H groups in total. The Kier molecular flexibility index (Phi) is 10.0. The molecule has 284 valence electrons. The van der Waals surface area contributed by atoms with E-state index >= 15 is 0 Å². The summed E-state index contributed by atoms with van der Waals surface area (Å²) in [6.45, 7) is 15.6. The third-order valence-corrected chi connectivity index (χ3v) is 16.4. The lowest BCUT2D eigenvalue weighted by Crippen LogP contribution is -2.65. The first-order valence-electron chi connectivity index (χ1n) is 21.2. The van der Waals surface area contributed by atoms with Crippen LogP contribution < -0.4 is 5.32 Å². The molecular formula is C42H66N4O5. The Morgan fingerprint density at radius 1 is 0.961 bits per heavy atom. The van der Waals surface area contributed by atoms with Gasteiger partial charge in [0.2, 0.25) is 5.91 Å². The Labute approximate surface area is 306 Å². The van der Waals surface area contributed by atoms with E-state index in [0.717, 1.165) is 109 Å². The summed E-state index contributed by atoms with van der Waals surface area (Å²) in [6.07, 6.45) is 16.7. The van der Waals surface area contributed by atoms with E-state index in [1.807, 2.05) is 4.90 Å². The summed E-state index contributed by atoms with van der Waals surface area (Å²) in [5, 5.41) is 15.4. The molecule has 4 saturated carbocycles. The lowest BCUT2D eigenvalue weighted by atomic mass is 9.41.